The van der Waals surface area contributed by atoms with Gasteiger partial charge in [0.25, 0.3) is 0 Å². The maximum Gasteiger partial charge on any atom is 0.193 e. The number of aryl methyl sites for hydroxylation is 1. The summed E-state index contributed by atoms with van der Waals surface area (Å²) in [6.45, 7) is 2.55. The average Bonchev–Trinajstić information content (AvgIpc) is 3.08. The number of guanidine groups is 1. The predicted octanol–water partition coefficient (Wildman–Crippen LogP) is 3.12. The van der Waals surface area contributed by atoms with E-state index >= 15 is 0 Å². The van der Waals surface area contributed by atoms with Gasteiger partial charge in [-0.1, -0.05) is 24.3 Å². The summed E-state index contributed by atoms with van der Waals surface area (Å²) in [5.74, 6) is 0.399. The van der Waals surface area contributed by atoms with Crippen LogP contribution in [0.5, 0.6) is 0 Å². The molecule has 0 aliphatic carbocycles. The molecule has 0 bridgehead atoms. The van der Waals surface area contributed by atoms with Gasteiger partial charge < -0.3 is 11.1 Å². The topological polar surface area (TPSA) is 81.1 Å². The molecule has 0 aliphatic heterocycles. The number of anilines is 1. The van der Waals surface area contributed by atoms with E-state index in [1.165, 1.54) is 11.9 Å². The van der Waals surface area contributed by atoms with Crippen LogP contribution in [0, 0.1) is 6.92 Å². The monoisotopic (exact) mass is 434 g/mol. The van der Waals surface area contributed by atoms with Crippen LogP contribution in [0.3, 0.4) is 0 Å². The SMILES string of the molecule is Cc1cccc(NC(N)=NCc2ccc(-n3cncn3)cc2)c1.I. The number of nitrogens with two attached hydrogens (primary N) is 1. The van der Waals surface area contributed by atoms with Crippen molar-refractivity contribution in [3.63, 3.8) is 0 Å². The van der Waals surface area contributed by atoms with Gasteiger partial charge in [-0.25, -0.2) is 14.7 Å². The Morgan fingerprint density at radius 2 is 2.00 bits per heavy atom. The molecular formula is C17H19IN6. The zero-order valence-corrected chi connectivity index (χ0v) is 15.6. The van der Waals surface area contributed by atoms with E-state index in [1.807, 2.05) is 55.5 Å². The molecule has 0 saturated carbocycles. The maximum absolute atomic E-state index is 5.93. The molecule has 2 aromatic carbocycles. The molecule has 124 valence electrons. The quantitative estimate of drug-likeness (QED) is 0.376. The minimum absolute atomic E-state index is 0. The molecule has 0 radical (unpaired) electrons. The van der Waals surface area contributed by atoms with Crippen molar-refractivity contribution >= 4 is 35.6 Å². The van der Waals surface area contributed by atoms with Gasteiger partial charge in [0, 0.05) is 5.69 Å². The maximum atomic E-state index is 5.93. The second kappa shape index (κ2) is 8.44. The molecule has 0 aliphatic rings. The second-order valence-corrected chi connectivity index (χ2v) is 5.20. The molecule has 1 aromatic heterocycles. The van der Waals surface area contributed by atoms with Crippen molar-refractivity contribution < 1.29 is 0 Å². The number of aliphatic imine (C=N–C) groups is 1. The fraction of sp³-hybridized carbons (Fsp3) is 0.118. The van der Waals surface area contributed by atoms with E-state index < -0.39 is 0 Å². The van der Waals surface area contributed by atoms with E-state index in [-0.39, 0.29) is 24.0 Å². The molecule has 0 spiro atoms. The van der Waals surface area contributed by atoms with E-state index in [0.717, 1.165) is 16.9 Å². The number of aromatic nitrogens is 3. The minimum atomic E-state index is 0. The lowest BCUT2D eigenvalue weighted by Gasteiger charge is -2.06. The van der Waals surface area contributed by atoms with E-state index in [9.17, 15) is 0 Å². The third kappa shape index (κ3) is 4.79. The smallest absolute Gasteiger partial charge is 0.193 e. The Morgan fingerprint density at radius 3 is 2.67 bits per heavy atom. The van der Waals surface area contributed by atoms with Gasteiger partial charge >= 0.3 is 0 Å². The summed E-state index contributed by atoms with van der Waals surface area (Å²) < 4.78 is 1.71. The molecule has 6 nitrogen and oxygen atoms in total. The molecule has 0 unspecified atom stereocenters. The molecule has 3 aromatic rings. The molecular weight excluding hydrogens is 415 g/mol. The Morgan fingerprint density at radius 1 is 1.21 bits per heavy atom. The van der Waals surface area contributed by atoms with Crippen molar-refractivity contribution in [2.24, 2.45) is 10.7 Å². The highest BCUT2D eigenvalue weighted by Gasteiger charge is 1.99. The van der Waals surface area contributed by atoms with E-state index in [4.69, 9.17) is 5.73 Å². The molecule has 1 heterocycles. The van der Waals surface area contributed by atoms with Gasteiger partial charge in [0.2, 0.25) is 0 Å². The molecule has 0 fully saturated rings. The Labute approximate surface area is 157 Å². The Balaban J connectivity index is 0.00000208. The number of hydrogen-bond acceptors (Lipinski definition) is 3. The van der Waals surface area contributed by atoms with Gasteiger partial charge in [0.15, 0.2) is 5.96 Å². The van der Waals surface area contributed by atoms with Crippen molar-refractivity contribution in [3.8, 4) is 5.69 Å². The van der Waals surface area contributed by atoms with E-state index in [2.05, 4.69) is 20.4 Å². The number of nitrogens with zero attached hydrogens (tertiary/aromatic N) is 4. The van der Waals surface area contributed by atoms with Crippen LogP contribution in [0.15, 0.2) is 66.2 Å². The number of hydrogen-bond donors (Lipinski definition) is 2. The van der Waals surface area contributed by atoms with Crippen LogP contribution in [0.1, 0.15) is 11.1 Å². The highest BCUT2D eigenvalue weighted by molar-refractivity contribution is 14.0. The van der Waals surface area contributed by atoms with Crippen LogP contribution in [0.25, 0.3) is 5.69 Å². The van der Waals surface area contributed by atoms with Crippen LogP contribution >= 0.6 is 24.0 Å². The highest BCUT2D eigenvalue weighted by atomic mass is 127. The molecule has 0 atom stereocenters. The lowest BCUT2D eigenvalue weighted by Crippen LogP contribution is -2.22. The van der Waals surface area contributed by atoms with Gasteiger partial charge in [-0.15, -0.1) is 24.0 Å². The number of nitrogens with one attached hydrogen (secondary N) is 1. The molecule has 0 saturated heterocycles. The molecule has 7 heteroatoms. The standard InChI is InChI=1S/C17H18N6.HI/c1-13-3-2-4-15(9-13)22-17(18)20-10-14-5-7-16(8-6-14)23-12-19-11-21-23;/h2-9,11-12H,10H2,1H3,(H3,18,20,22);1H. The summed E-state index contributed by atoms with van der Waals surface area (Å²) in [6.07, 6.45) is 3.17. The predicted molar refractivity (Wildman–Crippen MR) is 107 cm³/mol. The van der Waals surface area contributed by atoms with Crippen molar-refractivity contribution in [1.29, 1.82) is 0 Å². The minimum Gasteiger partial charge on any atom is -0.370 e. The summed E-state index contributed by atoms with van der Waals surface area (Å²) in [4.78, 5) is 8.29. The van der Waals surface area contributed by atoms with Gasteiger partial charge in [0.1, 0.15) is 12.7 Å². The fourth-order valence-electron chi connectivity index (χ4n) is 2.18. The largest absolute Gasteiger partial charge is 0.370 e. The van der Waals surface area contributed by atoms with Gasteiger partial charge in [-0.05, 0) is 42.3 Å². The molecule has 3 N–H and O–H groups in total. The summed E-state index contributed by atoms with van der Waals surface area (Å²) in [7, 11) is 0. The van der Waals surface area contributed by atoms with Crippen molar-refractivity contribution in [3.05, 3.63) is 72.3 Å². The number of rotatable bonds is 4. The first-order chi connectivity index (χ1) is 11.2. The van der Waals surface area contributed by atoms with Gasteiger partial charge in [0.05, 0.1) is 12.2 Å². The van der Waals surface area contributed by atoms with Crippen molar-refractivity contribution in [2.75, 3.05) is 5.32 Å². The normalized spacial score (nSPS) is 11.0. The van der Waals surface area contributed by atoms with Crippen molar-refractivity contribution in [2.45, 2.75) is 13.5 Å². The van der Waals surface area contributed by atoms with Gasteiger partial charge in [-0.2, -0.15) is 5.10 Å². The third-order valence-electron chi connectivity index (χ3n) is 3.34. The lowest BCUT2D eigenvalue weighted by molar-refractivity contribution is 0.877. The van der Waals surface area contributed by atoms with Crippen LogP contribution in [-0.4, -0.2) is 20.7 Å². The van der Waals surface area contributed by atoms with Crippen molar-refractivity contribution in [1.82, 2.24) is 14.8 Å². The fourth-order valence-corrected chi connectivity index (χ4v) is 2.18. The second-order valence-electron chi connectivity index (χ2n) is 5.20. The first kappa shape index (κ1) is 17.9. The van der Waals surface area contributed by atoms with Crippen LogP contribution < -0.4 is 11.1 Å². The first-order valence-corrected chi connectivity index (χ1v) is 7.28. The summed E-state index contributed by atoms with van der Waals surface area (Å²) in [6, 6.07) is 16.0. The number of halogens is 1. The number of benzene rings is 2. The average molecular weight is 434 g/mol. The zero-order chi connectivity index (χ0) is 16.1. The van der Waals surface area contributed by atoms with Crippen LogP contribution in [0.2, 0.25) is 0 Å². The first-order valence-electron chi connectivity index (χ1n) is 7.28. The zero-order valence-electron chi connectivity index (χ0n) is 13.3. The summed E-state index contributed by atoms with van der Waals surface area (Å²) in [5, 5.41) is 7.18. The Kier molecular flexibility index (Phi) is 6.30. The van der Waals surface area contributed by atoms with Crippen LogP contribution in [0.4, 0.5) is 5.69 Å². The molecule has 0 amide bonds. The highest BCUT2D eigenvalue weighted by Crippen LogP contribution is 2.10. The lowest BCUT2D eigenvalue weighted by atomic mass is 10.2. The summed E-state index contributed by atoms with van der Waals surface area (Å²) in [5.41, 5.74) is 10.1. The van der Waals surface area contributed by atoms with Crippen LogP contribution in [-0.2, 0) is 6.54 Å². The Bertz CT molecular complexity index is 796. The van der Waals surface area contributed by atoms with E-state index in [0.29, 0.717) is 12.5 Å². The Hall–Kier alpha value is -2.42. The molecule has 24 heavy (non-hydrogen) atoms. The third-order valence-corrected chi connectivity index (χ3v) is 3.34. The van der Waals surface area contributed by atoms with E-state index in [1.54, 1.807) is 11.0 Å². The summed E-state index contributed by atoms with van der Waals surface area (Å²) >= 11 is 0. The molecule has 3 rings (SSSR count). The van der Waals surface area contributed by atoms with Gasteiger partial charge in [-0.3, -0.25) is 0 Å².